The number of pyridine rings is 1. The van der Waals surface area contributed by atoms with E-state index in [0.29, 0.717) is 31.1 Å². The molecular formula is C33H41N3O4S. The van der Waals surface area contributed by atoms with Crippen molar-refractivity contribution in [2.24, 2.45) is 11.7 Å². The SMILES string of the molecule is CCOC(=O)/C(C)=C\C(C)=C\c1csc(C(N)Cc2ccc(OCc3ccccn3)cc2)n1.O=CC1CCCCC1. The van der Waals surface area contributed by atoms with Crippen LogP contribution < -0.4 is 10.5 Å². The summed E-state index contributed by atoms with van der Waals surface area (Å²) in [6.07, 6.45) is 13.4. The van der Waals surface area contributed by atoms with E-state index in [0.717, 1.165) is 52.4 Å². The molecule has 1 fully saturated rings. The molecule has 7 nitrogen and oxygen atoms in total. The molecule has 1 saturated carbocycles. The van der Waals surface area contributed by atoms with Gasteiger partial charge in [-0.1, -0.05) is 37.5 Å². The van der Waals surface area contributed by atoms with Crippen molar-refractivity contribution in [2.45, 2.75) is 71.9 Å². The van der Waals surface area contributed by atoms with Gasteiger partial charge in [0.05, 0.1) is 24.0 Å². The monoisotopic (exact) mass is 575 g/mol. The highest BCUT2D eigenvalue weighted by Crippen LogP contribution is 2.23. The molecule has 41 heavy (non-hydrogen) atoms. The Labute approximate surface area is 247 Å². The summed E-state index contributed by atoms with van der Waals surface area (Å²) in [5, 5.41) is 2.84. The number of rotatable bonds is 11. The van der Waals surface area contributed by atoms with Crippen LogP contribution in [0, 0.1) is 5.92 Å². The van der Waals surface area contributed by atoms with Crippen molar-refractivity contribution in [3.8, 4) is 5.75 Å². The second-order valence-corrected chi connectivity index (χ2v) is 11.0. The summed E-state index contributed by atoms with van der Waals surface area (Å²) in [4.78, 5) is 30.8. The molecule has 8 heteroatoms. The highest BCUT2D eigenvalue weighted by atomic mass is 32.1. The molecule has 218 valence electrons. The lowest BCUT2D eigenvalue weighted by molar-refractivity contribution is -0.138. The quantitative estimate of drug-likeness (QED) is 0.113. The van der Waals surface area contributed by atoms with E-state index in [1.165, 1.54) is 30.6 Å². The molecule has 1 aromatic carbocycles. The summed E-state index contributed by atoms with van der Waals surface area (Å²) in [6.45, 7) is 6.26. The van der Waals surface area contributed by atoms with Crippen LogP contribution in [0.3, 0.4) is 0 Å². The predicted octanol–water partition coefficient (Wildman–Crippen LogP) is 7.04. The third kappa shape index (κ3) is 11.4. The molecule has 3 aromatic rings. The highest BCUT2D eigenvalue weighted by molar-refractivity contribution is 7.09. The number of hydrogen-bond acceptors (Lipinski definition) is 8. The van der Waals surface area contributed by atoms with Crippen molar-refractivity contribution in [1.29, 1.82) is 0 Å². The van der Waals surface area contributed by atoms with Gasteiger partial charge in [-0.3, -0.25) is 4.98 Å². The highest BCUT2D eigenvalue weighted by Gasteiger charge is 2.13. The second kappa shape index (κ2) is 17.3. The van der Waals surface area contributed by atoms with Gasteiger partial charge in [0, 0.05) is 23.1 Å². The van der Waals surface area contributed by atoms with Gasteiger partial charge in [0.1, 0.15) is 23.7 Å². The fraction of sp³-hybridized carbons (Fsp3) is 0.394. The van der Waals surface area contributed by atoms with Crippen LogP contribution in [0.4, 0.5) is 0 Å². The number of allylic oxidation sites excluding steroid dienone is 2. The van der Waals surface area contributed by atoms with Crippen molar-refractivity contribution < 1.29 is 19.1 Å². The topological polar surface area (TPSA) is 104 Å². The maximum Gasteiger partial charge on any atom is 0.333 e. The van der Waals surface area contributed by atoms with Crippen LogP contribution in [0.1, 0.15) is 80.9 Å². The van der Waals surface area contributed by atoms with Crippen molar-refractivity contribution in [3.05, 3.63) is 93.2 Å². The lowest BCUT2D eigenvalue weighted by Gasteiger charge is -2.14. The van der Waals surface area contributed by atoms with E-state index in [4.69, 9.17) is 15.2 Å². The number of aldehydes is 1. The Hall–Kier alpha value is -3.62. The summed E-state index contributed by atoms with van der Waals surface area (Å²) < 4.78 is 10.8. The first-order valence-corrected chi connectivity index (χ1v) is 15.1. The molecule has 0 aliphatic heterocycles. The molecule has 4 rings (SSSR count). The molecule has 0 bridgehead atoms. The minimum absolute atomic E-state index is 0.199. The number of hydrogen-bond donors (Lipinski definition) is 1. The summed E-state index contributed by atoms with van der Waals surface area (Å²) in [6, 6.07) is 13.5. The third-order valence-corrected chi connectivity index (χ3v) is 7.60. The fourth-order valence-electron chi connectivity index (χ4n) is 4.43. The zero-order valence-electron chi connectivity index (χ0n) is 24.3. The molecule has 1 unspecified atom stereocenters. The predicted molar refractivity (Wildman–Crippen MR) is 164 cm³/mol. The Balaban J connectivity index is 0.000000496. The van der Waals surface area contributed by atoms with Gasteiger partial charge < -0.3 is 20.0 Å². The van der Waals surface area contributed by atoms with Gasteiger partial charge in [-0.25, -0.2) is 9.78 Å². The van der Waals surface area contributed by atoms with Crippen LogP contribution in [0.5, 0.6) is 5.75 Å². The van der Waals surface area contributed by atoms with Gasteiger partial charge in [-0.15, -0.1) is 11.3 Å². The van der Waals surface area contributed by atoms with Crippen molar-refractivity contribution in [1.82, 2.24) is 9.97 Å². The van der Waals surface area contributed by atoms with Crippen LogP contribution in [0.2, 0.25) is 0 Å². The lowest BCUT2D eigenvalue weighted by Crippen LogP contribution is -2.13. The van der Waals surface area contributed by atoms with Gasteiger partial charge in [0.25, 0.3) is 0 Å². The number of thiazole rings is 1. The van der Waals surface area contributed by atoms with E-state index < -0.39 is 0 Å². The number of nitrogens with two attached hydrogens (primary N) is 1. The van der Waals surface area contributed by atoms with Crippen LogP contribution in [0.25, 0.3) is 6.08 Å². The van der Waals surface area contributed by atoms with Crippen LogP contribution in [-0.4, -0.2) is 28.8 Å². The number of nitrogens with zero attached hydrogens (tertiary/aromatic N) is 2. The summed E-state index contributed by atoms with van der Waals surface area (Å²) in [7, 11) is 0. The normalized spacial score (nSPS) is 14.9. The Morgan fingerprint density at radius 2 is 1.88 bits per heavy atom. The fourth-order valence-corrected chi connectivity index (χ4v) is 5.21. The molecule has 2 aromatic heterocycles. The van der Waals surface area contributed by atoms with Gasteiger partial charge >= 0.3 is 5.97 Å². The van der Waals surface area contributed by atoms with E-state index in [-0.39, 0.29) is 12.0 Å². The molecular weight excluding hydrogens is 534 g/mol. The third-order valence-electron chi connectivity index (χ3n) is 6.61. The van der Waals surface area contributed by atoms with Crippen LogP contribution in [-0.2, 0) is 27.4 Å². The largest absolute Gasteiger partial charge is 0.487 e. The molecule has 1 atom stereocenters. The first kappa shape index (κ1) is 31.9. The number of benzene rings is 1. The number of aromatic nitrogens is 2. The first-order chi connectivity index (χ1) is 19.9. The number of esters is 1. The van der Waals surface area contributed by atoms with Gasteiger partial charge in [-0.2, -0.15) is 0 Å². The van der Waals surface area contributed by atoms with Gasteiger partial charge in [-0.05, 0) is 87.6 Å². The van der Waals surface area contributed by atoms with Crippen molar-refractivity contribution in [3.63, 3.8) is 0 Å². The second-order valence-electron chi connectivity index (χ2n) is 10.1. The molecule has 1 aliphatic rings. The summed E-state index contributed by atoms with van der Waals surface area (Å²) in [5.41, 5.74) is 10.7. The number of ether oxygens (including phenoxy) is 2. The molecule has 2 heterocycles. The lowest BCUT2D eigenvalue weighted by atomic mass is 9.91. The molecule has 2 N–H and O–H groups in total. The molecule has 0 spiro atoms. The van der Waals surface area contributed by atoms with E-state index in [1.54, 1.807) is 26.1 Å². The van der Waals surface area contributed by atoms with Crippen LogP contribution >= 0.6 is 11.3 Å². The van der Waals surface area contributed by atoms with Crippen LogP contribution in [0.15, 0.2) is 71.3 Å². The average molecular weight is 576 g/mol. The zero-order chi connectivity index (χ0) is 29.5. The summed E-state index contributed by atoms with van der Waals surface area (Å²) in [5.74, 6) is 0.893. The first-order valence-electron chi connectivity index (χ1n) is 14.2. The molecule has 1 aliphatic carbocycles. The molecule has 0 saturated heterocycles. The molecule has 0 radical (unpaired) electrons. The molecule has 0 amide bonds. The van der Waals surface area contributed by atoms with E-state index in [1.807, 2.05) is 60.8 Å². The summed E-state index contributed by atoms with van der Waals surface area (Å²) >= 11 is 1.54. The Kier molecular flexibility index (Phi) is 13.4. The Bertz CT molecular complexity index is 1280. The van der Waals surface area contributed by atoms with Gasteiger partial charge in [0.15, 0.2) is 0 Å². The Morgan fingerprint density at radius 1 is 1.12 bits per heavy atom. The van der Waals surface area contributed by atoms with Crippen molar-refractivity contribution >= 4 is 29.7 Å². The smallest absolute Gasteiger partial charge is 0.333 e. The Morgan fingerprint density at radius 3 is 2.51 bits per heavy atom. The standard InChI is InChI=1S/C26H29N3O3S.C7H12O/c1-4-31-26(30)19(3)13-18(2)14-22-17-33-25(29-22)24(27)15-20-8-10-23(11-9-20)32-16-21-7-5-6-12-28-21;8-6-7-4-2-1-3-5-7/h5-14,17,24H,4,15-16,27H2,1-3H3;6-7H,1-5H2/b18-14+,19-13-;. The van der Waals surface area contributed by atoms with E-state index in [9.17, 15) is 9.59 Å². The number of carbonyl (C=O) groups is 2. The van der Waals surface area contributed by atoms with E-state index in [2.05, 4.69) is 9.97 Å². The maximum atomic E-state index is 11.8. The van der Waals surface area contributed by atoms with Gasteiger partial charge in [0.2, 0.25) is 0 Å². The number of carbonyl (C=O) groups excluding carboxylic acids is 2. The zero-order valence-corrected chi connectivity index (χ0v) is 25.1. The van der Waals surface area contributed by atoms with E-state index >= 15 is 0 Å². The minimum atomic E-state index is -0.306. The average Bonchev–Trinajstić information content (AvgIpc) is 3.46. The maximum absolute atomic E-state index is 11.8. The van der Waals surface area contributed by atoms with Crippen molar-refractivity contribution in [2.75, 3.05) is 6.61 Å². The minimum Gasteiger partial charge on any atom is -0.487 e.